The van der Waals surface area contributed by atoms with Crippen molar-refractivity contribution in [2.75, 3.05) is 4.90 Å². The van der Waals surface area contributed by atoms with Gasteiger partial charge < -0.3 is 4.42 Å². The van der Waals surface area contributed by atoms with Gasteiger partial charge in [0, 0.05) is 11.1 Å². The summed E-state index contributed by atoms with van der Waals surface area (Å²) in [6.45, 7) is 5.68. The molecule has 0 spiro atoms. The molecule has 7 heteroatoms. The van der Waals surface area contributed by atoms with E-state index < -0.39 is 11.8 Å². The van der Waals surface area contributed by atoms with Crippen LogP contribution in [0, 0.1) is 0 Å². The van der Waals surface area contributed by atoms with Crippen LogP contribution in [0.2, 0.25) is 0 Å². The van der Waals surface area contributed by atoms with E-state index in [0.29, 0.717) is 28.7 Å². The van der Waals surface area contributed by atoms with Crippen LogP contribution in [0.3, 0.4) is 0 Å². The normalized spacial score (nSPS) is 15.3. The van der Waals surface area contributed by atoms with Crippen molar-refractivity contribution in [3.63, 3.8) is 0 Å². The maximum atomic E-state index is 13.2. The van der Waals surface area contributed by atoms with Crippen molar-refractivity contribution in [1.82, 2.24) is 5.32 Å². The van der Waals surface area contributed by atoms with Crippen molar-refractivity contribution in [2.24, 2.45) is 0 Å². The molecule has 2 heterocycles. The second-order valence-corrected chi connectivity index (χ2v) is 8.43. The van der Waals surface area contributed by atoms with Crippen LogP contribution in [-0.4, -0.2) is 22.7 Å². The molecular formula is C26H22N2O4S. The van der Waals surface area contributed by atoms with Gasteiger partial charge in [-0.3, -0.25) is 24.6 Å². The minimum atomic E-state index is -0.580. The molecule has 1 aliphatic rings. The lowest BCUT2D eigenvalue weighted by molar-refractivity contribution is -0.122. The number of hydrogen-bond acceptors (Lipinski definition) is 5. The maximum absolute atomic E-state index is 13.2. The number of anilines is 1. The molecule has 0 aliphatic carbocycles. The van der Waals surface area contributed by atoms with Gasteiger partial charge in [-0.2, -0.15) is 0 Å². The summed E-state index contributed by atoms with van der Waals surface area (Å²) in [5.41, 5.74) is 3.01. The van der Waals surface area contributed by atoms with Gasteiger partial charge in [-0.1, -0.05) is 50.2 Å². The zero-order valence-electron chi connectivity index (χ0n) is 18.4. The smallest absolute Gasteiger partial charge is 0.270 e. The molecule has 3 aromatic rings. The van der Waals surface area contributed by atoms with Gasteiger partial charge in [0.2, 0.25) is 0 Å². The van der Waals surface area contributed by atoms with Crippen LogP contribution >= 0.6 is 12.2 Å². The van der Waals surface area contributed by atoms with Crippen molar-refractivity contribution in [1.29, 1.82) is 0 Å². The molecule has 0 saturated carbocycles. The van der Waals surface area contributed by atoms with E-state index in [1.165, 1.54) is 17.9 Å². The molecule has 1 aromatic heterocycles. The number of nitrogens with one attached hydrogen (secondary N) is 1. The van der Waals surface area contributed by atoms with E-state index in [-0.39, 0.29) is 16.5 Å². The van der Waals surface area contributed by atoms with Gasteiger partial charge in [0.25, 0.3) is 11.8 Å². The summed E-state index contributed by atoms with van der Waals surface area (Å²) >= 11 is 5.26. The minimum Gasteiger partial charge on any atom is -0.457 e. The molecule has 2 aromatic carbocycles. The van der Waals surface area contributed by atoms with Crippen molar-refractivity contribution < 1.29 is 18.8 Å². The van der Waals surface area contributed by atoms with Gasteiger partial charge in [0.05, 0.1) is 5.69 Å². The molecule has 1 aliphatic heterocycles. The van der Waals surface area contributed by atoms with Gasteiger partial charge in [0.15, 0.2) is 10.9 Å². The molecule has 0 bridgehead atoms. The first kappa shape index (κ1) is 22.4. The topological polar surface area (TPSA) is 79.6 Å². The third-order valence-corrected chi connectivity index (χ3v) is 5.69. The molecule has 1 fully saturated rings. The number of Topliss-reactive ketones (excluding diaryl/α,β-unsaturated/α-hetero) is 1. The number of thiocarbonyl (C=S) groups is 1. The van der Waals surface area contributed by atoms with Crippen LogP contribution in [0.25, 0.3) is 17.4 Å². The van der Waals surface area contributed by atoms with Gasteiger partial charge in [-0.05, 0) is 61.0 Å². The molecule has 2 amide bonds. The van der Waals surface area contributed by atoms with E-state index in [4.69, 9.17) is 16.6 Å². The standard InChI is InChI=1S/C26H22N2O4S/c1-15(2)17-8-10-20(11-9-17)28-25(31)22(24(30)27-26(28)33)14-21-12-13-23(32-21)19-6-4-18(5-7-19)16(3)29/h4-15H,1-3H3,(H,27,30,33)/b22-14+. The van der Waals surface area contributed by atoms with Gasteiger partial charge >= 0.3 is 0 Å². The zero-order chi connectivity index (χ0) is 23.7. The largest absolute Gasteiger partial charge is 0.457 e. The molecule has 0 unspecified atom stereocenters. The highest BCUT2D eigenvalue weighted by molar-refractivity contribution is 7.80. The summed E-state index contributed by atoms with van der Waals surface area (Å²) in [7, 11) is 0. The fraction of sp³-hybridized carbons (Fsp3) is 0.154. The number of rotatable bonds is 5. The predicted octanol–water partition coefficient (Wildman–Crippen LogP) is 5.10. The third kappa shape index (κ3) is 4.54. The highest BCUT2D eigenvalue weighted by Crippen LogP contribution is 2.27. The van der Waals surface area contributed by atoms with E-state index >= 15 is 0 Å². The Morgan fingerprint density at radius 2 is 1.67 bits per heavy atom. The second kappa shape index (κ2) is 8.96. The van der Waals surface area contributed by atoms with E-state index in [0.717, 1.165) is 11.1 Å². The molecular weight excluding hydrogens is 436 g/mol. The Morgan fingerprint density at radius 1 is 1.00 bits per heavy atom. The number of ketones is 1. The lowest BCUT2D eigenvalue weighted by atomic mass is 10.0. The number of hydrogen-bond donors (Lipinski definition) is 1. The van der Waals surface area contributed by atoms with Crippen LogP contribution in [0.15, 0.2) is 70.7 Å². The van der Waals surface area contributed by atoms with Gasteiger partial charge in [0.1, 0.15) is 17.1 Å². The summed E-state index contributed by atoms with van der Waals surface area (Å²) < 4.78 is 5.83. The predicted molar refractivity (Wildman–Crippen MR) is 131 cm³/mol. The first-order chi connectivity index (χ1) is 15.7. The molecule has 33 heavy (non-hydrogen) atoms. The number of nitrogens with zero attached hydrogens (tertiary/aromatic N) is 1. The van der Waals surface area contributed by atoms with Crippen LogP contribution in [0.4, 0.5) is 5.69 Å². The van der Waals surface area contributed by atoms with Crippen LogP contribution < -0.4 is 10.2 Å². The lowest BCUT2D eigenvalue weighted by Gasteiger charge is -2.29. The molecule has 1 N–H and O–H groups in total. The highest BCUT2D eigenvalue weighted by atomic mass is 32.1. The van der Waals surface area contributed by atoms with Crippen LogP contribution in [0.5, 0.6) is 0 Å². The average molecular weight is 459 g/mol. The Bertz CT molecular complexity index is 1280. The zero-order valence-corrected chi connectivity index (χ0v) is 19.2. The van der Waals surface area contributed by atoms with Crippen molar-refractivity contribution in [3.05, 3.63) is 83.1 Å². The first-order valence-corrected chi connectivity index (χ1v) is 10.9. The quantitative estimate of drug-likeness (QED) is 0.249. The molecule has 0 atom stereocenters. The Hall–Kier alpha value is -3.84. The van der Waals surface area contributed by atoms with E-state index in [2.05, 4.69) is 19.2 Å². The van der Waals surface area contributed by atoms with E-state index in [1.807, 2.05) is 24.3 Å². The Kier molecular flexibility index (Phi) is 6.07. The third-order valence-electron chi connectivity index (χ3n) is 5.41. The molecule has 6 nitrogen and oxygen atoms in total. The average Bonchev–Trinajstić information content (AvgIpc) is 3.25. The Morgan fingerprint density at radius 3 is 2.27 bits per heavy atom. The molecule has 1 saturated heterocycles. The summed E-state index contributed by atoms with van der Waals surface area (Å²) in [4.78, 5) is 38.5. The van der Waals surface area contributed by atoms with Crippen LogP contribution in [-0.2, 0) is 9.59 Å². The van der Waals surface area contributed by atoms with E-state index in [9.17, 15) is 14.4 Å². The summed E-state index contributed by atoms with van der Waals surface area (Å²) in [6.07, 6.45) is 1.41. The molecule has 166 valence electrons. The summed E-state index contributed by atoms with van der Waals surface area (Å²) in [5, 5.41) is 2.61. The number of benzene rings is 2. The number of amides is 2. The van der Waals surface area contributed by atoms with E-state index in [1.54, 1.807) is 36.4 Å². The minimum absolute atomic E-state index is 0.0189. The summed E-state index contributed by atoms with van der Waals surface area (Å²) in [6, 6.07) is 17.9. The first-order valence-electron chi connectivity index (χ1n) is 10.5. The SMILES string of the molecule is CC(=O)c1ccc(-c2ccc(/C=C3\C(=O)NC(=S)N(c4ccc(C(C)C)cc4)C3=O)o2)cc1. The van der Waals surface area contributed by atoms with Crippen LogP contribution in [0.1, 0.15) is 48.4 Å². The molecule has 4 rings (SSSR count). The fourth-order valence-electron chi connectivity index (χ4n) is 3.50. The number of carbonyl (C=O) groups is 3. The maximum Gasteiger partial charge on any atom is 0.270 e. The summed E-state index contributed by atoms with van der Waals surface area (Å²) in [5.74, 6) is 0.132. The second-order valence-electron chi connectivity index (χ2n) is 8.04. The van der Waals surface area contributed by atoms with Crippen molar-refractivity contribution in [3.8, 4) is 11.3 Å². The number of furan rings is 1. The molecule has 0 radical (unpaired) electrons. The monoisotopic (exact) mass is 458 g/mol. The Balaban J connectivity index is 1.62. The van der Waals surface area contributed by atoms with Crippen molar-refractivity contribution >= 4 is 46.7 Å². The lowest BCUT2D eigenvalue weighted by Crippen LogP contribution is -2.54. The fourth-order valence-corrected chi connectivity index (χ4v) is 3.78. The number of carbonyl (C=O) groups excluding carboxylic acids is 3. The van der Waals surface area contributed by atoms with Gasteiger partial charge in [-0.15, -0.1) is 0 Å². The van der Waals surface area contributed by atoms with Gasteiger partial charge in [-0.25, -0.2) is 0 Å². The van der Waals surface area contributed by atoms with Crippen molar-refractivity contribution in [2.45, 2.75) is 26.7 Å². The Labute approximate surface area is 196 Å². The highest BCUT2D eigenvalue weighted by Gasteiger charge is 2.34.